The first-order valence-electron chi connectivity index (χ1n) is 8.19. The molecule has 0 aromatic carbocycles. The molecule has 2 N–H and O–H groups in total. The van der Waals surface area contributed by atoms with Gasteiger partial charge >= 0.3 is 0 Å². The Morgan fingerprint density at radius 2 is 2.05 bits per heavy atom. The second-order valence-corrected chi connectivity index (χ2v) is 6.17. The summed E-state index contributed by atoms with van der Waals surface area (Å²) >= 11 is 0. The maximum Gasteiger partial charge on any atom is 0.249 e. The average molecular weight is 284 g/mol. The van der Waals surface area contributed by atoms with Crippen LogP contribution in [0.4, 0.5) is 0 Å². The number of hydrogen-bond acceptors (Lipinski definition) is 3. The van der Waals surface area contributed by atoms with Gasteiger partial charge in [0.1, 0.15) is 6.10 Å². The molecule has 0 spiro atoms. The Kier molecular flexibility index (Phi) is 7.52. The lowest BCUT2D eigenvalue weighted by Crippen LogP contribution is -2.52. The zero-order valence-corrected chi connectivity index (χ0v) is 13.7. The molecule has 0 radical (unpaired) electrons. The lowest BCUT2D eigenvalue weighted by molar-refractivity contribution is -0.138. The van der Waals surface area contributed by atoms with Crippen molar-refractivity contribution in [2.75, 3.05) is 0 Å². The van der Waals surface area contributed by atoms with Crippen LogP contribution in [-0.2, 0) is 9.53 Å². The fraction of sp³-hybridized carbons (Fsp3) is 0.938. The van der Waals surface area contributed by atoms with Crippen molar-refractivity contribution in [3.05, 3.63) is 0 Å². The Morgan fingerprint density at radius 3 is 2.65 bits per heavy atom. The number of hydrogen-bond donors (Lipinski definition) is 2. The molecule has 1 heterocycles. The Morgan fingerprint density at radius 1 is 1.35 bits per heavy atom. The van der Waals surface area contributed by atoms with Crippen molar-refractivity contribution in [1.82, 2.24) is 10.6 Å². The summed E-state index contributed by atoms with van der Waals surface area (Å²) in [5.41, 5.74) is 0. The zero-order chi connectivity index (χ0) is 15.1. The van der Waals surface area contributed by atoms with E-state index in [0.717, 1.165) is 32.1 Å². The molecular formula is C16H32N2O2. The van der Waals surface area contributed by atoms with Gasteiger partial charge in [0.2, 0.25) is 5.91 Å². The van der Waals surface area contributed by atoms with E-state index in [4.69, 9.17) is 4.74 Å². The summed E-state index contributed by atoms with van der Waals surface area (Å²) in [4.78, 5) is 12.1. The van der Waals surface area contributed by atoms with Gasteiger partial charge in [0.15, 0.2) is 0 Å². The number of carbonyl (C=O) groups is 1. The molecule has 1 fully saturated rings. The molecule has 0 aromatic rings. The average Bonchev–Trinajstić information content (AvgIpc) is 2.40. The van der Waals surface area contributed by atoms with Gasteiger partial charge in [-0.3, -0.25) is 4.79 Å². The molecule has 1 saturated heterocycles. The van der Waals surface area contributed by atoms with Crippen molar-refractivity contribution in [2.24, 2.45) is 0 Å². The van der Waals surface area contributed by atoms with Crippen LogP contribution in [0.3, 0.4) is 0 Å². The van der Waals surface area contributed by atoms with Crippen LogP contribution in [0.15, 0.2) is 0 Å². The summed E-state index contributed by atoms with van der Waals surface area (Å²) in [5, 5.41) is 6.59. The molecule has 4 heteroatoms. The highest BCUT2D eigenvalue weighted by molar-refractivity contribution is 5.80. The molecule has 1 amide bonds. The minimum absolute atomic E-state index is 0.0134. The summed E-state index contributed by atoms with van der Waals surface area (Å²) in [6.45, 7) is 10.4. The monoisotopic (exact) mass is 284 g/mol. The van der Waals surface area contributed by atoms with E-state index >= 15 is 0 Å². The smallest absolute Gasteiger partial charge is 0.249 e. The highest BCUT2D eigenvalue weighted by Crippen LogP contribution is 2.20. The highest BCUT2D eigenvalue weighted by Gasteiger charge is 2.30. The Balaban J connectivity index is 2.43. The molecule has 0 bridgehead atoms. The summed E-state index contributed by atoms with van der Waals surface area (Å²) in [6, 6.07) is 1.14. The normalized spacial score (nSPS) is 29.8. The van der Waals surface area contributed by atoms with E-state index in [9.17, 15) is 4.79 Å². The van der Waals surface area contributed by atoms with E-state index in [1.54, 1.807) is 0 Å². The first-order valence-corrected chi connectivity index (χ1v) is 8.19. The van der Waals surface area contributed by atoms with Gasteiger partial charge in [-0.25, -0.2) is 0 Å². The van der Waals surface area contributed by atoms with Gasteiger partial charge in [-0.1, -0.05) is 20.3 Å². The van der Waals surface area contributed by atoms with Crippen molar-refractivity contribution in [1.29, 1.82) is 0 Å². The van der Waals surface area contributed by atoms with Gasteiger partial charge in [0.25, 0.3) is 0 Å². The van der Waals surface area contributed by atoms with Gasteiger partial charge < -0.3 is 15.4 Å². The lowest BCUT2D eigenvalue weighted by Gasteiger charge is -2.37. The Labute approximate surface area is 124 Å². The van der Waals surface area contributed by atoms with E-state index in [-0.39, 0.29) is 24.2 Å². The minimum Gasteiger partial charge on any atom is -0.364 e. The molecule has 20 heavy (non-hydrogen) atoms. The topological polar surface area (TPSA) is 50.4 Å². The summed E-state index contributed by atoms with van der Waals surface area (Å²) in [6.07, 6.45) is 5.06. The van der Waals surface area contributed by atoms with E-state index in [1.165, 1.54) is 0 Å². The fourth-order valence-electron chi connectivity index (χ4n) is 2.90. The van der Waals surface area contributed by atoms with Crippen molar-refractivity contribution in [3.63, 3.8) is 0 Å². The lowest BCUT2D eigenvalue weighted by atomic mass is 9.94. The third-order valence-corrected chi connectivity index (χ3v) is 4.13. The van der Waals surface area contributed by atoms with Crippen LogP contribution in [0, 0.1) is 0 Å². The Hall–Kier alpha value is -0.610. The van der Waals surface area contributed by atoms with Gasteiger partial charge in [-0.15, -0.1) is 0 Å². The van der Waals surface area contributed by atoms with Gasteiger partial charge in [-0.2, -0.15) is 0 Å². The third kappa shape index (κ3) is 5.41. The summed E-state index contributed by atoms with van der Waals surface area (Å²) < 4.78 is 6.01. The molecule has 1 aliphatic heterocycles. The number of rotatable bonds is 7. The summed E-state index contributed by atoms with van der Waals surface area (Å²) in [7, 11) is 0. The second kappa shape index (κ2) is 8.63. The maximum atomic E-state index is 12.1. The minimum atomic E-state index is -0.372. The summed E-state index contributed by atoms with van der Waals surface area (Å²) in [5.74, 6) is 0.0134. The highest BCUT2D eigenvalue weighted by atomic mass is 16.5. The molecule has 5 atom stereocenters. The van der Waals surface area contributed by atoms with Crippen molar-refractivity contribution in [2.45, 2.75) is 97.1 Å². The van der Waals surface area contributed by atoms with Crippen LogP contribution in [-0.4, -0.2) is 36.2 Å². The number of ether oxygens (including phenoxy) is 1. The van der Waals surface area contributed by atoms with Crippen LogP contribution in [0.5, 0.6) is 0 Å². The van der Waals surface area contributed by atoms with Crippen molar-refractivity contribution < 1.29 is 9.53 Å². The molecule has 0 aromatic heterocycles. The van der Waals surface area contributed by atoms with E-state index in [0.29, 0.717) is 12.1 Å². The van der Waals surface area contributed by atoms with Crippen LogP contribution in [0.2, 0.25) is 0 Å². The molecule has 0 saturated carbocycles. The van der Waals surface area contributed by atoms with Crippen LogP contribution in [0.1, 0.15) is 66.7 Å². The van der Waals surface area contributed by atoms with Crippen LogP contribution < -0.4 is 10.6 Å². The van der Waals surface area contributed by atoms with Gasteiger partial charge in [0.05, 0.1) is 6.10 Å². The molecule has 0 aliphatic carbocycles. The molecule has 1 aliphatic rings. The van der Waals surface area contributed by atoms with Crippen molar-refractivity contribution in [3.8, 4) is 0 Å². The zero-order valence-electron chi connectivity index (χ0n) is 13.7. The first kappa shape index (κ1) is 17.4. The maximum absolute atomic E-state index is 12.1. The molecule has 1 rings (SSSR count). The third-order valence-electron chi connectivity index (χ3n) is 4.13. The fourth-order valence-corrected chi connectivity index (χ4v) is 2.90. The molecule has 5 unspecified atom stereocenters. The quantitative estimate of drug-likeness (QED) is 0.755. The van der Waals surface area contributed by atoms with E-state index in [2.05, 4.69) is 31.4 Å². The first-order chi connectivity index (χ1) is 9.47. The number of nitrogens with one attached hydrogen (secondary N) is 2. The number of piperidine rings is 1. The van der Waals surface area contributed by atoms with Crippen LogP contribution >= 0.6 is 0 Å². The molecular weight excluding hydrogens is 252 g/mol. The van der Waals surface area contributed by atoms with Gasteiger partial charge in [0, 0.05) is 18.1 Å². The predicted molar refractivity (Wildman–Crippen MR) is 82.8 cm³/mol. The number of carbonyl (C=O) groups excluding carboxylic acids is 1. The number of amides is 1. The molecule has 4 nitrogen and oxygen atoms in total. The predicted octanol–water partition coefficient (Wildman–Crippen LogP) is 2.62. The SMILES string of the molecule is CCCC(C)NC(=O)C(C)OC1CCC(C)NC1CC. The van der Waals surface area contributed by atoms with Crippen LogP contribution in [0.25, 0.3) is 0 Å². The Bertz CT molecular complexity index is 296. The van der Waals surface area contributed by atoms with Gasteiger partial charge in [-0.05, 0) is 46.5 Å². The van der Waals surface area contributed by atoms with E-state index < -0.39 is 0 Å². The second-order valence-electron chi connectivity index (χ2n) is 6.17. The largest absolute Gasteiger partial charge is 0.364 e. The molecule has 118 valence electrons. The standard InChI is InChI=1S/C16H32N2O2/c1-6-8-11(3)18-16(19)13(5)20-15-10-9-12(4)17-14(15)7-2/h11-15,17H,6-10H2,1-5H3,(H,18,19). The van der Waals surface area contributed by atoms with E-state index in [1.807, 2.05) is 13.8 Å². The van der Waals surface area contributed by atoms with Crippen molar-refractivity contribution >= 4 is 5.91 Å².